The van der Waals surface area contributed by atoms with Gasteiger partial charge in [0.2, 0.25) is 0 Å². The number of hydrogen-bond donors (Lipinski definition) is 0. The fourth-order valence-electron chi connectivity index (χ4n) is 1.34. The SMILES string of the molecule is Cc1cc(COc2ccc(C=O)cc2F)on1. The summed E-state index contributed by atoms with van der Waals surface area (Å²) in [5.74, 6) is 0.0110. The van der Waals surface area contributed by atoms with Crippen LogP contribution < -0.4 is 4.74 Å². The molecule has 0 radical (unpaired) electrons. The average Bonchev–Trinajstić information content (AvgIpc) is 2.73. The minimum atomic E-state index is -0.578. The Kier molecular flexibility index (Phi) is 3.18. The number of rotatable bonds is 4. The highest BCUT2D eigenvalue weighted by Crippen LogP contribution is 2.19. The van der Waals surface area contributed by atoms with E-state index >= 15 is 0 Å². The number of aryl methyl sites for hydroxylation is 1. The van der Waals surface area contributed by atoms with Gasteiger partial charge < -0.3 is 9.26 Å². The Labute approximate surface area is 97.0 Å². The summed E-state index contributed by atoms with van der Waals surface area (Å²) >= 11 is 0. The van der Waals surface area contributed by atoms with Gasteiger partial charge >= 0.3 is 0 Å². The van der Waals surface area contributed by atoms with Gasteiger partial charge in [0.05, 0.1) is 5.69 Å². The largest absolute Gasteiger partial charge is 0.482 e. The number of hydrogen-bond acceptors (Lipinski definition) is 4. The van der Waals surface area contributed by atoms with E-state index in [1.807, 2.05) is 0 Å². The van der Waals surface area contributed by atoms with Gasteiger partial charge in [-0.1, -0.05) is 5.16 Å². The molecule has 0 saturated heterocycles. The Morgan fingerprint density at radius 2 is 2.29 bits per heavy atom. The second kappa shape index (κ2) is 4.78. The molecule has 0 unspecified atom stereocenters. The van der Waals surface area contributed by atoms with Crippen molar-refractivity contribution in [1.82, 2.24) is 5.16 Å². The van der Waals surface area contributed by atoms with Gasteiger partial charge in [-0.15, -0.1) is 0 Å². The fraction of sp³-hybridized carbons (Fsp3) is 0.167. The molecule has 0 aliphatic rings. The zero-order valence-electron chi connectivity index (χ0n) is 9.14. The number of benzene rings is 1. The molecule has 0 aliphatic carbocycles. The van der Waals surface area contributed by atoms with Crippen LogP contribution in [0.4, 0.5) is 4.39 Å². The van der Waals surface area contributed by atoms with Gasteiger partial charge in [0.25, 0.3) is 0 Å². The number of carbonyl (C=O) groups excluding carboxylic acids is 1. The van der Waals surface area contributed by atoms with Gasteiger partial charge in [-0.3, -0.25) is 4.79 Å². The Morgan fingerprint density at radius 3 is 2.88 bits per heavy atom. The molecule has 1 aromatic carbocycles. The molecule has 5 heteroatoms. The van der Waals surface area contributed by atoms with Crippen molar-refractivity contribution in [1.29, 1.82) is 0 Å². The lowest BCUT2D eigenvalue weighted by Crippen LogP contribution is -1.97. The average molecular weight is 235 g/mol. The number of ether oxygens (including phenoxy) is 1. The third-order valence-electron chi connectivity index (χ3n) is 2.14. The summed E-state index contributed by atoms with van der Waals surface area (Å²) in [5.41, 5.74) is 1.01. The Morgan fingerprint density at radius 1 is 1.47 bits per heavy atom. The third-order valence-corrected chi connectivity index (χ3v) is 2.14. The molecule has 88 valence electrons. The number of aldehydes is 1. The van der Waals surface area contributed by atoms with E-state index in [1.165, 1.54) is 12.1 Å². The molecule has 2 aromatic rings. The minimum Gasteiger partial charge on any atom is -0.482 e. The van der Waals surface area contributed by atoms with Crippen LogP contribution in [0, 0.1) is 12.7 Å². The first-order valence-corrected chi connectivity index (χ1v) is 4.99. The summed E-state index contributed by atoms with van der Waals surface area (Å²) in [7, 11) is 0. The van der Waals surface area contributed by atoms with Gasteiger partial charge in [-0.05, 0) is 25.1 Å². The van der Waals surface area contributed by atoms with Crippen molar-refractivity contribution in [2.75, 3.05) is 0 Å². The number of halogens is 1. The number of nitrogens with zero attached hydrogens (tertiary/aromatic N) is 1. The van der Waals surface area contributed by atoms with Crippen LogP contribution in [0.5, 0.6) is 5.75 Å². The van der Waals surface area contributed by atoms with Crippen molar-refractivity contribution in [2.24, 2.45) is 0 Å². The molecule has 0 fully saturated rings. The van der Waals surface area contributed by atoms with E-state index in [0.717, 1.165) is 11.8 Å². The summed E-state index contributed by atoms with van der Waals surface area (Å²) in [5, 5.41) is 3.68. The predicted molar refractivity (Wildman–Crippen MR) is 57.4 cm³/mol. The zero-order valence-corrected chi connectivity index (χ0v) is 9.14. The van der Waals surface area contributed by atoms with Crippen molar-refractivity contribution in [2.45, 2.75) is 13.5 Å². The Balaban J connectivity index is 2.06. The van der Waals surface area contributed by atoms with E-state index in [1.54, 1.807) is 13.0 Å². The maximum absolute atomic E-state index is 13.4. The lowest BCUT2D eigenvalue weighted by Gasteiger charge is -2.04. The standard InChI is InChI=1S/C12H10FNO3/c1-8-4-10(17-14-8)7-16-12-3-2-9(6-15)5-11(12)13/h2-6H,7H2,1H3. The van der Waals surface area contributed by atoms with Gasteiger partial charge in [0.1, 0.15) is 12.9 Å². The molecular weight excluding hydrogens is 225 g/mol. The van der Waals surface area contributed by atoms with E-state index in [4.69, 9.17) is 9.26 Å². The van der Waals surface area contributed by atoms with Crippen molar-refractivity contribution in [3.8, 4) is 5.75 Å². The highest BCUT2D eigenvalue weighted by molar-refractivity contribution is 5.74. The molecule has 0 bridgehead atoms. The first-order chi connectivity index (χ1) is 8.19. The highest BCUT2D eigenvalue weighted by Gasteiger charge is 2.07. The number of aromatic nitrogens is 1. The zero-order chi connectivity index (χ0) is 12.3. The van der Waals surface area contributed by atoms with Crippen molar-refractivity contribution < 1.29 is 18.4 Å². The van der Waals surface area contributed by atoms with Gasteiger partial charge in [0, 0.05) is 11.6 Å². The normalized spacial score (nSPS) is 10.2. The second-order valence-electron chi connectivity index (χ2n) is 3.53. The lowest BCUT2D eigenvalue weighted by atomic mass is 10.2. The minimum absolute atomic E-state index is 0.0738. The molecule has 0 amide bonds. The lowest BCUT2D eigenvalue weighted by molar-refractivity contribution is 0.112. The van der Waals surface area contributed by atoms with E-state index < -0.39 is 5.82 Å². The summed E-state index contributed by atoms with van der Waals surface area (Å²) in [6.07, 6.45) is 0.576. The Bertz CT molecular complexity index is 536. The fourth-order valence-corrected chi connectivity index (χ4v) is 1.34. The van der Waals surface area contributed by atoms with Crippen LogP contribution in [0.3, 0.4) is 0 Å². The molecule has 2 rings (SSSR count). The van der Waals surface area contributed by atoms with Crippen molar-refractivity contribution in [3.63, 3.8) is 0 Å². The van der Waals surface area contributed by atoms with E-state index in [9.17, 15) is 9.18 Å². The Hall–Kier alpha value is -2.17. The molecular formula is C12H10FNO3. The molecule has 0 spiro atoms. The summed E-state index contributed by atoms with van der Waals surface area (Å²) in [6, 6.07) is 5.71. The summed E-state index contributed by atoms with van der Waals surface area (Å²) in [6.45, 7) is 1.88. The predicted octanol–water partition coefficient (Wildman–Crippen LogP) is 2.51. The van der Waals surface area contributed by atoms with Crippen molar-refractivity contribution in [3.05, 3.63) is 47.1 Å². The molecule has 0 saturated carbocycles. The van der Waals surface area contributed by atoms with E-state index in [2.05, 4.69) is 5.16 Å². The van der Waals surface area contributed by atoms with Crippen LogP contribution in [0.25, 0.3) is 0 Å². The van der Waals surface area contributed by atoms with Crippen LogP contribution in [0.1, 0.15) is 21.8 Å². The van der Waals surface area contributed by atoms with E-state index in [-0.39, 0.29) is 17.9 Å². The maximum atomic E-state index is 13.4. The monoisotopic (exact) mass is 235 g/mol. The molecule has 1 aromatic heterocycles. The third kappa shape index (κ3) is 2.69. The maximum Gasteiger partial charge on any atom is 0.174 e. The van der Waals surface area contributed by atoms with Gasteiger partial charge in [-0.25, -0.2) is 4.39 Å². The van der Waals surface area contributed by atoms with Crippen LogP contribution in [0.2, 0.25) is 0 Å². The second-order valence-corrected chi connectivity index (χ2v) is 3.53. The molecule has 1 heterocycles. The number of carbonyl (C=O) groups is 1. The first-order valence-electron chi connectivity index (χ1n) is 4.99. The molecule has 17 heavy (non-hydrogen) atoms. The quantitative estimate of drug-likeness (QED) is 0.764. The van der Waals surface area contributed by atoms with Crippen LogP contribution in [-0.2, 0) is 6.61 Å². The molecule has 0 aliphatic heterocycles. The van der Waals surface area contributed by atoms with Gasteiger partial charge in [-0.2, -0.15) is 0 Å². The molecule has 0 atom stereocenters. The molecule has 4 nitrogen and oxygen atoms in total. The van der Waals surface area contributed by atoms with E-state index in [0.29, 0.717) is 12.0 Å². The highest BCUT2D eigenvalue weighted by atomic mass is 19.1. The smallest absolute Gasteiger partial charge is 0.174 e. The summed E-state index contributed by atoms with van der Waals surface area (Å²) < 4.78 is 23.5. The first kappa shape index (κ1) is 11.3. The van der Waals surface area contributed by atoms with Gasteiger partial charge in [0.15, 0.2) is 17.3 Å². The summed E-state index contributed by atoms with van der Waals surface area (Å²) in [4.78, 5) is 10.4. The van der Waals surface area contributed by atoms with Crippen molar-refractivity contribution >= 4 is 6.29 Å². The molecule has 0 N–H and O–H groups in total. The van der Waals surface area contributed by atoms with Crippen LogP contribution in [-0.4, -0.2) is 11.4 Å². The van der Waals surface area contributed by atoms with Crippen LogP contribution >= 0.6 is 0 Å². The topological polar surface area (TPSA) is 52.3 Å². The van der Waals surface area contributed by atoms with Crippen LogP contribution in [0.15, 0.2) is 28.8 Å².